The molecule has 2 atom stereocenters. The highest BCUT2D eigenvalue weighted by Gasteiger charge is 2.50. The van der Waals surface area contributed by atoms with Gasteiger partial charge in [0.1, 0.15) is 18.8 Å². The van der Waals surface area contributed by atoms with E-state index in [0.29, 0.717) is 0 Å². The number of halogens is 3. The van der Waals surface area contributed by atoms with Crippen LogP contribution in [0, 0.1) is 0 Å². The number of amides is 5. The Hall–Kier alpha value is -4.59. The summed E-state index contributed by atoms with van der Waals surface area (Å²) in [5.74, 6) is -0.838. The van der Waals surface area contributed by atoms with Crippen LogP contribution < -0.4 is 10.6 Å². The monoisotopic (exact) mass is 616 g/mol. The summed E-state index contributed by atoms with van der Waals surface area (Å²) in [4.78, 5) is 55.2. The van der Waals surface area contributed by atoms with Gasteiger partial charge in [0.2, 0.25) is 11.8 Å². The van der Waals surface area contributed by atoms with Gasteiger partial charge >= 0.3 is 18.3 Å². The third-order valence-electron chi connectivity index (χ3n) is 7.32. The zero-order chi connectivity index (χ0) is 31.9. The molecule has 11 nitrogen and oxygen atoms in total. The summed E-state index contributed by atoms with van der Waals surface area (Å²) in [6.07, 6.45) is -4.32. The number of hydrogen-bond donors (Lipinski definition) is 2. The summed E-state index contributed by atoms with van der Waals surface area (Å²) in [6, 6.07) is 12.4. The zero-order valence-electron chi connectivity index (χ0n) is 24.3. The van der Waals surface area contributed by atoms with Crippen molar-refractivity contribution in [2.45, 2.75) is 44.3 Å². The highest BCUT2D eigenvalue weighted by Crippen LogP contribution is 2.32. The number of alkyl halides is 3. The summed E-state index contributed by atoms with van der Waals surface area (Å²) >= 11 is 0. The second kappa shape index (κ2) is 14.3. The van der Waals surface area contributed by atoms with Crippen LogP contribution in [0.3, 0.4) is 0 Å². The number of nitrogens with one attached hydrogen (secondary N) is 2. The van der Waals surface area contributed by atoms with Crippen LogP contribution in [0.2, 0.25) is 0 Å². The molecule has 0 saturated carbocycles. The molecule has 0 aromatic heterocycles. The van der Waals surface area contributed by atoms with E-state index in [0.717, 1.165) is 17.7 Å². The number of carbonyl (C=O) groups excluding carboxylic acids is 4. The van der Waals surface area contributed by atoms with Gasteiger partial charge in [0.15, 0.2) is 0 Å². The molecule has 2 saturated heterocycles. The van der Waals surface area contributed by atoms with Gasteiger partial charge in [-0.15, -0.1) is 0 Å². The van der Waals surface area contributed by atoms with Gasteiger partial charge in [0, 0.05) is 26.7 Å². The zero-order valence-corrected chi connectivity index (χ0v) is 24.3. The molecule has 0 unspecified atom stereocenters. The Labute approximate surface area is 253 Å². The number of carbonyl (C=O) groups is 4. The summed E-state index contributed by atoms with van der Waals surface area (Å²) in [5, 5.41) is 8.26. The van der Waals surface area contributed by atoms with E-state index in [1.165, 1.54) is 38.0 Å². The predicted octanol–water partition coefficient (Wildman–Crippen LogP) is 3.34. The second-order valence-corrected chi connectivity index (χ2v) is 10.5. The van der Waals surface area contributed by atoms with Crippen molar-refractivity contribution in [3.05, 3.63) is 83.9 Å². The normalized spacial score (nSPS) is 19.0. The molecule has 2 aliphatic heterocycles. The highest BCUT2D eigenvalue weighted by molar-refractivity contribution is 5.91. The number of hydrazine groups is 1. The molecule has 236 valence electrons. The van der Waals surface area contributed by atoms with Crippen LogP contribution in [0.15, 0.2) is 67.3 Å². The van der Waals surface area contributed by atoms with Crippen molar-refractivity contribution >= 4 is 23.9 Å². The van der Waals surface area contributed by atoms with E-state index in [-0.39, 0.29) is 63.6 Å². The van der Waals surface area contributed by atoms with Crippen molar-refractivity contribution in [1.82, 2.24) is 30.5 Å². The van der Waals surface area contributed by atoms with Crippen molar-refractivity contribution in [2.24, 2.45) is 0 Å². The Morgan fingerprint density at radius 3 is 2.50 bits per heavy atom. The van der Waals surface area contributed by atoms with E-state index in [1.54, 1.807) is 7.05 Å². The molecule has 14 heteroatoms. The van der Waals surface area contributed by atoms with E-state index in [2.05, 4.69) is 17.2 Å². The molecule has 4 rings (SSSR count). The molecule has 0 bridgehead atoms. The Bertz CT molecular complexity index is 1360. The molecule has 2 aliphatic rings. The number of fused-ring (bicyclic) bond motifs is 1. The maximum atomic E-state index is 13.8. The highest BCUT2D eigenvalue weighted by atomic mass is 19.4. The molecule has 0 aliphatic carbocycles. The van der Waals surface area contributed by atoms with Gasteiger partial charge in [-0.2, -0.15) is 13.2 Å². The van der Waals surface area contributed by atoms with Crippen LogP contribution in [0.5, 0.6) is 0 Å². The van der Waals surface area contributed by atoms with Gasteiger partial charge < -0.3 is 25.2 Å². The van der Waals surface area contributed by atoms with Gasteiger partial charge in [0.05, 0.1) is 18.7 Å². The molecule has 2 aromatic rings. The lowest BCUT2D eigenvalue weighted by Gasteiger charge is -2.54. The molecule has 2 aromatic carbocycles. The predicted molar refractivity (Wildman–Crippen MR) is 153 cm³/mol. The standard InChI is InChI=1S/C30H35F3N6O5/c1-3-15-44-29(43)34-14-8-13-24-27(41)37(18-22-11-7-12-23(16-22)30(31,32)33)19-25-38(24)26(40)20-36(2)39(25)28(42)35-17-21-9-5-4-6-10-21/h3-7,9-12,16,24-25H,1,8,13-15,17-20H2,2H3,(H,34,43)(H,35,42)/t24-,25-/m0/s1. The summed E-state index contributed by atoms with van der Waals surface area (Å²) in [6.45, 7) is 3.41. The number of likely N-dealkylation sites (N-methyl/N-ethyl adjacent to an activating group) is 1. The maximum absolute atomic E-state index is 13.8. The molecule has 2 fully saturated rings. The van der Waals surface area contributed by atoms with Crippen LogP contribution in [-0.4, -0.2) is 89.3 Å². The fraction of sp³-hybridized carbons (Fsp3) is 0.400. The summed E-state index contributed by atoms with van der Waals surface area (Å²) in [5.41, 5.74) is 0.263. The maximum Gasteiger partial charge on any atom is 0.416 e. The van der Waals surface area contributed by atoms with Crippen molar-refractivity contribution in [1.29, 1.82) is 0 Å². The van der Waals surface area contributed by atoms with Crippen molar-refractivity contribution in [2.75, 3.05) is 33.3 Å². The molecule has 0 radical (unpaired) electrons. The lowest BCUT2D eigenvalue weighted by atomic mass is 10.0. The topological polar surface area (TPSA) is 115 Å². The average Bonchev–Trinajstić information content (AvgIpc) is 2.99. The molecular weight excluding hydrogens is 581 g/mol. The number of piperazine rings is 1. The number of rotatable bonds is 10. The quantitative estimate of drug-likeness (QED) is 0.313. The van der Waals surface area contributed by atoms with E-state index >= 15 is 0 Å². The summed E-state index contributed by atoms with van der Waals surface area (Å²) in [7, 11) is 1.58. The fourth-order valence-corrected chi connectivity index (χ4v) is 5.32. The number of hydrogen-bond acceptors (Lipinski definition) is 6. The molecule has 2 N–H and O–H groups in total. The molecule has 0 spiro atoms. The van der Waals surface area contributed by atoms with Gasteiger partial charge in [-0.3, -0.25) is 9.59 Å². The van der Waals surface area contributed by atoms with Crippen LogP contribution in [-0.2, 0) is 33.6 Å². The first-order chi connectivity index (χ1) is 21.0. The van der Waals surface area contributed by atoms with Crippen molar-refractivity contribution < 1.29 is 37.1 Å². The Balaban J connectivity index is 1.57. The van der Waals surface area contributed by atoms with Crippen molar-refractivity contribution in [3.63, 3.8) is 0 Å². The third-order valence-corrected chi connectivity index (χ3v) is 7.32. The average molecular weight is 617 g/mol. The minimum absolute atomic E-state index is 0.0249. The van der Waals surface area contributed by atoms with Crippen LogP contribution in [0.25, 0.3) is 0 Å². The first-order valence-corrected chi connectivity index (χ1v) is 14.1. The van der Waals surface area contributed by atoms with Gasteiger partial charge in [-0.25, -0.2) is 19.6 Å². The van der Waals surface area contributed by atoms with Gasteiger partial charge in [-0.1, -0.05) is 55.1 Å². The van der Waals surface area contributed by atoms with Gasteiger partial charge in [0.25, 0.3) is 0 Å². The minimum Gasteiger partial charge on any atom is -0.445 e. The van der Waals surface area contributed by atoms with E-state index in [1.807, 2.05) is 30.3 Å². The van der Waals surface area contributed by atoms with E-state index < -0.39 is 42.0 Å². The second-order valence-electron chi connectivity index (χ2n) is 10.5. The Morgan fingerprint density at radius 2 is 1.80 bits per heavy atom. The first kappa shape index (κ1) is 32.3. The lowest BCUT2D eigenvalue weighted by molar-refractivity contribution is -0.188. The number of nitrogens with zero attached hydrogens (tertiary/aromatic N) is 4. The van der Waals surface area contributed by atoms with Crippen LogP contribution in [0.4, 0.5) is 22.8 Å². The minimum atomic E-state index is -4.56. The largest absolute Gasteiger partial charge is 0.445 e. The lowest BCUT2D eigenvalue weighted by Crippen LogP contribution is -2.75. The molecule has 5 amide bonds. The van der Waals surface area contributed by atoms with E-state index in [9.17, 15) is 32.3 Å². The molecule has 44 heavy (non-hydrogen) atoms. The number of ether oxygens (including phenoxy) is 1. The fourth-order valence-electron chi connectivity index (χ4n) is 5.32. The smallest absolute Gasteiger partial charge is 0.416 e. The van der Waals surface area contributed by atoms with E-state index in [4.69, 9.17) is 4.74 Å². The van der Waals surface area contributed by atoms with Crippen LogP contribution >= 0.6 is 0 Å². The summed E-state index contributed by atoms with van der Waals surface area (Å²) < 4.78 is 45.1. The molecular formula is C30H35F3N6O5. The number of alkyl carbamates (subject to hydrolysis) is 1. The number of benzene rings is 2. The Kier molecular flexibility index (Phi) is 10.5. The van der Waals surface area contributed by atoms with Crippen LogP contribution in [0.1, 0.15) is 29.5 Å². The first-order valence-electron chi connectivity index (χ1n) is 14.1. The number of urea groups is 1. The SMILES string of the molecule is C=CCOC(=O)NCCC[C@H]1C(=O)N(Cc2cccc(C(F)(F)F)c2)C[C@H]2N1C(=O)CN(C)N2C(=O)NCc1ccccc1. The third kappa shape index (κ3) is 7.86. The molecule has 2 heterocycles. The van der Waals surface area contributed by atoms with Crippen molar-refractivity contribution in [3.8, 4) is 0 Å². The Morgan fingerprint density at radius 1 is 1.07 bits per heavy atom. The van der Waals surface area contributed by atoms with Gasteiger partial charge in [-0.05, 0) is 36.1 Å².